The number of piperazine rings is 1. The molecule has 0 aromatic carbocycles. The average molecular weight is 310 g/mol. The van der Waals surface area contributed by atoms with E-state index in [-0.39, 0.29) is 5.91 Å². The van der Waals surface area contributed by atoms with Gasteiger partial charge in [0.2, 0.25) is 0 Å². The zero-order chi connectivity index (χ0) is 15.4. The number of halogens is 1. The summed E-state index contributed by atoms with van der Waals surface area (Å²) in [5.41, 5.74) is 1.56. The van der Waals surface area contributed by atoms with Crippen molar-refractivity contribution in [1.29, 1.82) is 0 Å². The Morgan fingerprint density at radius 1 is 1.29 bits per heavy atom. The Labute approximate surface area is 132 Å². The first-order valence-electron chi connectivity index (χ1n) is 7.71. The third-order valence-electron chi connectivity index (χ3n) is 3.93. The first-order valence-corrected chi connectivity index (χ1v) is 8.09. The first kappa shape index (κ1) is 16.2. The van der Waals surface area contributed by atoms with Crippen molar-refractivity contribution < 1.29 is 4.79 Å². The van der Waals surface area contributed by atoms with Gasteiger partial charge in [-0.2, -0.15) is 0 Å². The fraction of sp³-hybridized carbons (Fsp3) is 0.625. The average Bonchev–Trinajstić information content (AvgIpc) is 2.46. The van der Waals surface area contributed by atoms with Crippen LogP contribution in [-0.2, 0) is 6.42 Å². The van der Waals surface area contributed by atoms with E-state index in [4.69, 9.17) is 11.6 Å². The molecule has 1 aromatic rings. The Morgan fingerprint density at radius 2 is 1.95 bits per heavy atom. The molecule has 116 valence electrons. The normalized spacial score (nSPS) is 16.5. The van der Waals surface area contributed by atoms with Crippen molar-refractivity contribution in [2.75, 3.05) is 26.2 Å². The highest BCUT2D eigenvalue weighted by Crippen LogP contribution is 2.16. The molecule has 1 amide bonds. The number of aromatic nitrogens is 1. The molecule has 1 saturated heterocycles. The third-order valence-corrected chi connectivity index (χ3v) is 4.13. The number of pyridine rings is 1. The molecule has 1 aliphatic rings. The summed E-state index contributed by atoms with van der Waals surface area (Å²) in [6.45, 7) is 9.90. The molecule has 2 rings (SSSR count). The zero-order valence-corrected chi connectivity index (χ0v) is 13.9. The number of nitrogens with zero attached hydrogens (tertiary/aromatic N) is 3. The highest BCUT2D eigenvalue weighted by atomic mass is 35.5. The zero-order valence-electron chi connectivity index (χ0n) is 13.1. The molecule has 0 spiro atoms. The second-order valence-corrected chi connectivity index (χ2v) is 6.23. The Kier molecular flexibility index (Phi) is 5.59. The minimum absolute atomic E-state index is 0.0695. The van der Waals surface area contributed by atoms with Gasteiger partial charge in [0.05, 0.1) is 0 Å². The molecule has 0 N–H and O–H groups in total. The van der Waals surface area contributed by atoms with Gasteiger partial charge in [-0.1, -0.05) is 24.9 Å². The minimum Gasteiger partial charge on any atom is -0.336 e. The summed E-state index contributed by atoms with van der Waals surface area (Å²) in [7, 11) is 0. The van der Waals surface area contributed by atoms with E-state index in [0.29, 0.717) is 16.8 Å². The molecule has 0 saturated carbocycles. The molecule has 21 heavy (non-hydrogen) atoms. The van der Waals surface area contributed by atoms with Crippen LogP contribution in [0.25, 0.3) is 0 Å². The summed E-state index contributed by atoms with van der Waals surface area (Å²) in [5.74, 6) is 0.0695. The molecule has 0 unspecified atom stereocenters. The maximum Gasteiger partial charge on any atom is 0.254 e. The van der Waals surface area contributed by atoms with Gasteiger partial charge in [0.25, 0.3) is 5.91 Å². The standard InChI is InChI=1S/C16H24ClN3O/c1-4-5-14-10-13(11-15(17)18-14)16(21)20-8-6-19(7-9-20)12(2)3/h10-12H,4-9H2,1-3H3. The van der Waals surface area contributed by atoms with Crippen molar-refractivity contribution in [2.45, 2.75) is 39.7 Å². The van der Waals surface area contributed by atoms with Crippen molar-refractivity contribution in [2.24, 2.45) is 0 Å². The molecule has 0 bridgehead atoms. The summed E-state index contributed by atoms with van der Waals surface area (Å²) in [6, 6.07) is 4.10. The van der Waals surface area contributed by atoms with Crippen LogP contribution in [0.1, 0.15) is 43.2 Å². The maximum atomic E-state index is 12.6. The molecule has 0 atom stereocenters. The lowest BCUT2D eigenvalue weighted by Crippen LogP contribution is -2.50. The van der Waals surface area contributed by atoms with Gasteiger partial charge in [-0.25, -0.2) is 4.98 Å². The number of rotatable bonds is 4. The van der Waals surface area contributed by atoms with Crippen LogP contribution in [0.3, 0.4) is 0 Å². The second-order valence-electron chi connectivity index (χ2n) is 5.84. The van der Waals surface area contributed by atoms with Gasteiger partial charge in [0.1, 0.15) is 5.15 Å². The summed E-state index contributed by atoms with van der Waals surface area (Å²) >= 11 is 6.04. The van der Waals surface area contributed by atoms with E-state index in [1.807, 2.05) is 11.0 Å². The van der Waals surface area contributed by atoms with Crippen LogP contribution in [0.5, 0.6) is 0 Å². The Balaban J connectivity index is 2.07. The topological polar surface area (TPSA) is 36.4 Å². The first-order chi connectivity index (χ1) is 10.0. The van der Waals surface area contributed by atoms with Gasteiger partial charge in [-0.15, -0.1) is 0 Å². The fourth-order valence-corrected chi connectivity index (χ4v) is 2.91. The number of aryl methyl sites for hydroxylation is 1. The number of amides is 1. The van der Waals surface area contributed by atoms with Crippen molar-refractivity contribution in [3.63, 3.8) is 0 Å². The van der Waals surface area contributed by atoms with Gasteiger partial charge in [-0.05, 0) is 32.4 Å². The number of carbonyl (C=O) groups excluding carboxylic acids is 1. The van der Waals surface area contributed by atoms with Crippen molar-refractivity contribution >= 4 is 17.5 Å². The van der Waals surface area contributed by atoms with E-state index < -0.39 is 0 Å². The van der Waals surface area contributed by atoms with Crippen LogP contribution in [0.4, 0.5) is 0 Å². The van der Waals surface area contributed by atoms with Crippen LogP contribution in [0.2, 0.25) is 5.15 Å². The molecule has 1 fully saturated rings. The van der Waals surface area contributed by atoms with E-state index in [1.165, 1.54) is 0 Å². The molecule has 4 nitrogen and oxygen atoms in total. The highest BCUT2D eigenvalue weighted by molar-refractivity contribution is 6.29. The van der Waals surface area contributed by atoms with Gasteiger partial charge in [0.15, 0.2) is 0 Å². The summed E-state index contributed by atoms with van der Waals surface area (Å²) < 4.78 is 0. The molecule has 5 heteroatoms. The Morgan fingerprint density at radius 3 is 2.52 bits per heavy atom. The van der Waals surface area contributed by atoms with E-state index in [0.717, 1.165) is 44.7 Å². The van der Waals surface area contributed by atoms with E-state index in [1.54, 1.807) is 6.07 Å². The molecule has 1 aliphatic heterocycles. The predicted molar refractivity (Wildman–Crippen MR) is 85.9 cm³/mol. The van der Waals surface area contributed by atoms with Crippen molar-refractivity contribution in [3.05, 3.63) is 28.5 Å². The largest absolute Gasteiger partial charge is 0.336 e. The van der Waals surface area contributed by atoms with E-state index >= 15 is 0 Å². The van der Waals surface area contributed by atoms with Crippen LogP contribution in [-0.4, -0.2) is 52.9 Å². The van der Waals surface area contributed by atoms with Crippen LogP contribution >= 0.6 is 11.6 Å². The lowest BCUT2D eigenvalue weighted by Gasteiger charge is -2.37. The molecule has 2 heterocycles. The van der Waals surface area contributed by atoms with Gasteiger partial charge in [-0.3, -0.25) is 9.69 Å². The molecule has 1 aromatic heterocycles. The third kappa shape index (κ3) is 4.17. The molecule has 0 radical (unpaired) electrons. The van der Waals surface area contributed by atoms with Crippen molar-refractivity contribution in [3.8, 4) is 0 Å². The number of carbonyl (C=O) groups is 1. The van der Waals surface area contributed by atoms with Gasteiger partial charge < -0.3 is 4.90 Å². The van der Waals surface area contributed by atoms with Crippen LogP contribution in [0, 0.1) is 0 Å². The Hall–Kier alpha value is -1.13. The minimum atomic E-state index is 0.0695. The van der Waals surface area contributed by atoms with Crippen LogP contribution < -0.4 is 0 Å². The SMILES string of the molecule is CCCc1cc(C(=O)N2CCN(C(C)C)CC2)cc(Cl)n1. The predicted octanol–water partition coefficient (Wildman–Crippen LogP) is 2.85. The van der Waals surface area contributed by atoms with Crippen LogP contribution in [0.15, 0.2) is 12.1 Å². The molecule has 0 aliphatic carbocycles. The smallest absolute Gasteiger partial charge is 0.254 e. The monoisotopic (exact) mass is 309 g/mol. The maximum absolute atomic E-state index is 12.6. The quantitative estimate of drug-likeness (QED) is 0.803. The molecular formula is C16H24ClN3O. The van der Waals surface area contributed by atoms with E-state index in [2.05, 4.69) is 30.7 Å². The van der Waals surface area contributed by atoms with Gasteiger partial charge in [0, 0.05) is 43.5 Å². The second kappa shape index (κ2) is 7.23. The number of hydrogen-bond donors (Lipinski definition) is 0. The highest BCUT2D eigenvalue weighted by Gasteiger charge is 2.23. The van der Waals surface area contributed by atoms with Gasteiger partial charge >= 0.3 is 0 Å². The lowest BCUT2D eigenvalue weighted by molar-refractivity contribution is 0.0595. The molecular weight excluding hydrogens is 286 g/mol. The summed E-state index contributed by atoms with van der Waals surface area (Å²) in [4.78, 5) is 21.2. The van der Waals surface area contributed by atoms with E-state index in [9.17, 15) is 4.79 Å². The lowest BCUT2D eigenvalue weighted by atomic mass is 10.1. The number of hydrogen-bond acceptors (Lipinski definition) is 3. The van der Waals surface area contributed by atoms with Crippen molar-refractivity contribution in [1.82, 2.24) is 14.8 Å². The summed E-state index contributed by atoms with van der Waals surface area (Å²) in [5, 5.41) is 0.408. The fourth-order valence-electron chi connectivity index (χ4n) is 2.68. The summed E-state index contributed by atoms with van der Waals surface area (Å²) in [6.07, 6.45) is 1.84. The Bertz CT molecular complexity index is 496.